The molecule has 0 aliphatic carbocycles. The zero-order chi connectivity index (χ0) is 11.4. The van der Waals surface area contributed by atoms with E-state index >= 15 is 0 Å². The summed E-state index contributed by atoms with van der Waals surface area (Å²) in [6.07, 6.45) is 0. The number of hydrogen-bond donors (Lipinski definition) is 1. The zero-order valence-electron chi connectivity index (χ0n) is 9.06. The molecule has 0 radical (unpaired) electrons. The van der Waals surface area contributed by atoms with Gasteiger partial charge in [0.15, 0.2) is 5.78 Å². The minimum absolute atomic E-state index is 0.0409. The molecular formula is C11H14ClNO2. The summed E-state index contributed by atoms with van der Waals surface area (Å²) < 4.78 is 5.14. The maximum absolute atomic E-state index is 11.6. The SMILES string of the molecule is CNCC(=O)c1cc(OC)c(C)cc1Cl. The molecule has 1 aromatic carbocycles. The highest BCUT2D eigenvalue weighted by Gasteiger charge is 2.12. The molecule has 82 valence electrons. The summed E-state index contributed by atoms with van der Waals surface area (Å²) >= 11 is 5.98. The third kappa shape index (κ3) is 2.70. The molecule has 0 aromatic heterocycles. The summed E-state index contributed by atoms with van der Waals surface area (Å²) in [6.45, 7) is 2.16. The Morgan fingerprint density at radius 3 is 2.73 bits per heavy atom. The van der Waals surface area contributed by atoms with E-state index in [9.17, 15) is 4.79 Å². The van der Waals surface area contributed by atoms with E-state index in [1.807, 2.05) is 6.92 Å². The van der Waals surface area contributed by atoms with Gasteiger partial charge in [-0.3, -0.25) is 4.79 Å². The summed E-state index contributed by atoms with van der Waals surface area (Å²) in [6, 6.07) is 3.42. The normalized spacial score (nSPS) is 10.1. The van der Waals surface area contributed by atoms with Crippen LogP contribution in [0.5, 0.6) is 5.75 Å². The average Bonchev–Trinajstić information content (AvgIpc) is 2.18. The molecule has 0 aliphatic rings. The Balaban J connectivity index is 3.12. The van der Waals surface area contributed by atoms with Crippen LogP contribution in [0.2, 0.25) is 5.02 Å². The van der Waals surface area contributed by atoms with E-state index in [0.29, 0.717) is 16.3 Å². The monoisotopic (exact) mass is 227 g/mol. The highest BCUT2D eigenvalue weighted by Crippen LogP contribution is 2.26. The Hall–Kier alpha value is -1.06. The lowest BCUT2D eigenvalue weighted by Crippen LogP contribution is -2.19. The van der Waals surface area contributed by atoms with Crippen LogP contribution in [0.1, 0.15) is 15.9 Å². The van der Waals surface area contributed by atoms with Crippen LogP contribution in [0, 0.1) is 6.92 Å². The quantitative estimate of drug-likeness (QED) is 0.801. The molecule has 1 N–H and O–H groups in total. The number of methoxy groups -OCH3 is 1. The van der Waals surface area contributed by atoms with E-state index in [4.69, 9.17) is 16.3 Å². The van der Waals surface area contributed by atoms with Gasteiger partial charge in [-0.1, -0.05) is 11.6 Å². The largest absolute Gasteiger partial charge is 0.496 e. The molecular weight excluding hydrogens is 214 g/mol. The first kappa shape index (κ1) is 12.0. The van der Waals surface area contributed by atoms with Crippen molar-refractivity contribution in [2.45, 2.75) is 6.92 Å². The number of Topliss-reactive ketones (excluding diaryl/α,β-unsaturated/α-hetero) is 1. The van der Waals surface area contributed by atoms with Crippen LogP contribution in [0.4, 0.5) is 0 Å². The molecule has 0 unspecified atom stereocenters. The standard InChI is InChI=1S/C11H14ClNO2/c1-7-4-9(12)8(5-11(7)15-3)10(14)6-13-2/h4-5,13H,6H2,1-3H3. The summed E-state index contributed by atoms with van der Waals surface area (Å²) in [4.78, 5) is 11.6. The van der Waals surface area contributed by atoms with Crippen LogP contribution < -0.4 is 10.1 Å². The van der Waals surface area contributed by atoms with Crippen molar-refractivity contribution in [3.05, 3.63) is 28.3 Å². The number of likely N-dealkylation sites (N-methyl/N-ethyl adjacent to an activating group) is 1. The van der Waals surface area contributed by atoms with Crippen molar-refractivity contribution in [1.29, 1.82) is 0 Å². The van der Waals surface area contributed by atoms with Gasteiger partial charge < -0.3 is 10.1 Å². The first-order chi connectivity index (χ1) is 7.10. The van der Waals surface area contributed by atoms with Gasteiger partial charge in [0.25, 0.3) is 0 Å². The molecule has 0 heterocycles. The molecule has 15 heavy (non-hydrogen) atoms. The third-order valence-corrected chi connectivity index (χ3v) is 2.43. The molecule has 3 nitrogen and oxygen atoms in total. The predicted octanol–water partition coefficient (Wildman–Crippen LogP) is 2.06. The van der Waals surface area contributed by atoms with Gasteiger partial charge in [-0.05, 0) is 31.7 Å². The molecule has 1 rings (SSSR count). The fourth-order valence-electron chi connectivity index (χ4n) is 1.34. The molecule has 0 fully saturated rings. The molecule has 0 atom stereocenters. The first-order valence-electron chi connectivity index (χ1n) is 4.62. The summed E-state index contributed by atoms with van der Waals surface area (Å²) in [7, 11) is 3.29. The Bertz CT molecular complexity index is 377. The fourth-order valence-corrected chi connectivity index (χ4v) is 1.67. The van der Waals surface area contributed by atoms with Gasteiger partial charge in [-0.15, -0.1) is 0 Å². The van der Waals surface area contributed by atoms with Crippen LogP contribution in [0.15, 0.2) is 12.1 Å². The summed E-state index contributed by atoms with van der Waals surface area (Å²) in [5.74, 6) is 0.639. The van der Waals surface area contributed by atoms with Crippen molar-refractivity contribution in [3.8, 4) is 5.75 Å². The van der Waals surface area contributed by atoms with E-state index in [1.54, 1.807) is 26.3 Å². The number of ketones is 1. The smallest absolute Gasteiger partial charge is 0.178 e. The van der Waals surface area contributed by atoms with Crippen LogP contribution in [-0.4, -0.2) is 26.5 Å². The second kappa shape index (κ2) is 5.14. The van der Waals surface area contributed by atoms with Crippen molar-refractivity contribution in [1.82, 2.24) is 5.32 Å². The number of hydrogen-bond acceptors (Lipinski definition) is 3. The van der Waals surface area contributed by atoms with Gasteiger partial charge in [-0.2, -0.15) is 0 Å². The number of rotatable bonds is 4. The van der Waals surface area contributed by atoms with E-state index in [-0.39, 0.29) is 12.3 Å². The fraction of sp³-hybridized carbons (Fsp3) is 0.364. The summed E-state index contributed by atoms with van der Waals surface area (Å²) in [5, 5.41) is 3.26. The van der Waals surface area contributed by atoms with Gasteiger partial charge in [0.1, 0.15) is 5.75 Å². The number of carbonyl (C=O) groups excluding carboxylic acids is 1. The number of nitrogens with one attached hydrogen (secondary N) is 1. The maximum atomic E-state index is 11.6. The Labute approximate surface area is 94.4 Å². The topological polar surface area (TPSA) is 38.3 Å². The molecule has 0 bridgehead atoms. The third-order valence-electron chi connectivity index (χ3n) is 2.12. The lowest BCUT2D eigenvalue weighted by molar-refractivity contribution is 0.0993. The number of carbonyl (C=O) groups is 1. The molecule has 0 spiro atoms. The minimum Gasteiger partial charge on any atom is -0.496 e. The molecule has 0 saturated carbocycles. The molecule has 0 saturated heterocycles. The Morgan fingerprint density at radius 2 is 2.20 bits per heavy atom. The molecule has 0 aliphatic heterocycles. The number of aryl methyl sites for hydroxylation is 1. The van der Waals surface area contributed by atoms with Gasteiger partial charge >= 0.3 is 0 Å². The van der Waals surface area contributed by atoms with E-state index in [1.165, 1.54) is 0 Å². The minimum atomic E-state index is -0.0409. The number of benzene rings is 1. The van der Waals surface area contributed by atoms with E-state index in [0.717, 1.165) is 5.56 Å². The molecule has 1 aromatic rings. The molecule has 4 heteroatoms. The van der Waals surface area contributed by atoms with Crippen molar-refractivity contribution >= 4 is 17.4 Å². The zero-order valence-corrected chi connectivity index (χ0v) is 9.81. The number of ether oxygens (including phenoxy) is 1. The van der Waals surface area contributed by atoms with Gasteiger partial charge in [0.2, 0.25) is 0 Å². The van der Waals surface area contributed by atoms with Crippen molar-refractivity contribution in [3.63, 3.8) is 0 Å². The lowest BCUT2D eigenvalue weighted by Gasteiger charge is -2.09. The first-order valence-corrected chi connectivity index (χ1v) is 5.00. The van der Waals surface area contributed by atoms with E-state index < -0.39 is 0 Å². The van der Waals surface area contributed by atoms with Crippen LogP contribution in [-0.2, 0) is 0 Å². The van der Waals surface area contributed by atoms with Crippen LogP contribution >= 0.6 is 11.6 Å². The van der Waals surface area contributed by atoms with Gasteiger partial charge in [0, 0.05) is 5.56 Å². The Morgan fingerprint density at radius 1 is 1.53 bits per heavy atom. The van der Waals surface area contributed by atoms with Crippen LogP contribution in [0.25, 0.3) is 0 Å². The summed E-state index contributed by atoms with van der Waals surface area (Å²) in [5.41, 5.74) is 1.41. The van der Waals surface area contributed by atoms with Crippen molar-refractivity contribution in [2.24, 2.45) is 0 Å². The average molecular weight is 228 g/mol. The second-order valence-electron chi connectivity index (χ2n) is 3.26. The highest BCUT2D eigenvalue weighted by molar-refractivity contribution is 6.34. The van der Waals surface area contributed by atoms with Crippen molar-refractivity contribution in [2.75, 3.05) is 20.7 Å². The van der Waals surface area contributed by atoms with Crippen LogP contribution in [0.3, 0.4) is 0 Å². The Kier molecular flexibility index (Phi) is 4.12. The second-order valence-corrected chi connectivity index (χ2v) is 3.66. The van der Waals surface area contributed by atoms with Gasteiger partial charge in [-0.25, -0.2) is 0 Å². The number of halogens is 1. The van der Waals surface area contributed by atoms with E-state index in [2.05, 4.69) is 5.32 Å². The highest BCUT2D eigenvalue weighted by atomic mass is 35.5. The lowest BCUT2D eigenvalue weighted by atomic mass is 10.1. The van der Waals surface area contributed by atoms with Gasteiger partial charge in [0.05, 0.1) is 18.7 Å². The predicted molar refractivity (Wildman–Crippen MR) is 61.0 cm³/mol. The van der Waals surface area contributed by atoms with Crippen molar-refractivity contribution < 1.29 is 9.53 Å². The molecule has 0 amide bonds. The maximum Gasteiger partial charge on any atom is 0.178 e.